The van der Waals surface area contributed by atoms with Crippen LogP contribution in [0, 0.1) is 0 Å². The molecule has 1 heterocycles. The summed E-state index contributed by atoms with van der Waals surface area (Å²) in [5, 5.41) is 3.47. The van der Waals surface area contributed by atoms with Crippen molar-refractivity contribution in [1.82, 2.24) is 10.2 Å². The zero-order valence-corrected chi connectivity index (χ0v) is 19.0. The summed E-state index contributed by atoms with van der Waals surface area (Å²) >= 11 is 15.5. The number of amides is 3. The van der Waals surface area contributed by atoms with Gasteiger partial charge in [0, 0.05) is 6.54 Å². The summed E-state index contributed by atoms with van der Waals surface area (Å²) in [5.74, 6) is 0.520. The minimum absolute atomic E-state index is 0.135. The Morgan fingerprint density at radius 1 is 1.20 bits per heavy atom. The second-order valence-corrected chi connectivity index (χ2v) is 7.93. The standard InChI is InChI=1S/C21H17BrCl2N2O4/c1-3-6-26-20(27)17(25-21(26)28)9-13-7-14(22)19(18(10-13)29-2)30-11-12-4-5-15(23)16(24)8-12/h3-5,7-10H,1,6,11H2,2H3,(H,25,28)/b17-9+. The number of imide groups is 1. The van der Waals surface area contributed by atoms with Crippen molar-refractivity contribution in [3.05, 3.63) is 74.3 Å². The SMILES string of the molecule is C=CCN1C(=O)N/C(=C/c2cc(Br)c(OCc3ccc(Cl)c(Cl)c3)c(OC)c2)C1=O. The Bertz CT molecular complexity index is 1060. The Hall–Kier alpha value is -2.48. The molecule has 0 spiro atoms. The number of methoxy groups -OCH3 is 1. The maximum atomic E-state index is 12.4. The molecule has 1 fully saturated rings. The van der Waals surface area contributed by atoms with Crippen molar-refractivity contribution < 1.29 is 19.1 Å². The molecule has 3 rings (SSSR count). The Morgan fingerprint density at radius 2 is 1.97 bits per heavy atom. The van der Waals surface area contributed by atoms with Gasteiger partial charge in [0.05, 0.1) is 21.6 Å². The van der Waals surface area contributed by atoms with E-state index >= 15 is 0 Å². The van der Waals surface area contributed by atoms with Gasteiger partial charge in [-0.25, -0.2) is 4.79 Å². The lowest BCUT2D eigenvalue weighted by atomic mass is 10.1. The quantitative estimate of drug-likeness (QED) is 0.306. The zero-order chi connectivity index (χ0) is 21.8. The largest absolute Gasteiger partial charge is 0.493 e. The fourth-order valence-corrected chi connectivity index (χ4v) is 3.68. The van der Waals surface area contributed by atoms with Crippen LogP contribution in [-0.2, 0) is 11.4 Å². The van der Waals surface area contributed by atoms with Crippen molar-refractivity contribution in [1.29, 1.82) is 0 Å². The lowest BCUT2D eigenvalue weighted by Gasteiger charge is -2.14. The molecule has 0 saturated carbocycles. The summed E-state index contributed by atoms with van der Waals surface area (Å²) in [7, 11) is 1.51. The number of ether oxygens (including phenoxy) is 2. The number of halogens is 3. The number of hydrogen-bond acceptors (Lipinski definition) is 4. The Labute approximate surface area is 192 Å². The second-order valence-electron chi connectivity index (χ2n) is 6.26. The topological polar surface area (TPSA) is 67.9 Å². The predicted molar refractivity (Wildman–Crippen MR) is 120 cm³/mol. The molecule has 0 radical (unpaired) electrons. The number of carbonyl (C=O) groups excluding carboxylic acids is 2. The third kappa shape index (κ3) is 4.80. The smallest absolute Gasteiger partial charge is 0.329 e. The lowest BCUT2D eigenvalue weighted by molar-refractivity contribution is -0.122. The first-order valence-electron chi connectivity index (χ1n) is 8.73. The molecular formula is C21H17BrCl2N2O4. The Balaban J connectivity index is 1.83. The first-order chi connectivity index (χ1) is 14.3. The second kappa shape index (κ2) is 9.55. The molecule has 2 aromatic rings. The molecule has 9 heteroatoms. The van der Waals surface area contributed by atoms with Crippen LogP contribution in [-0.4, -0.2) is 30.5 Å². The normalized spacial score (nSPS) is 14.8. The van der Waals surface area contributed by atoms with E-state index in [1.165, 1.54) is 13.2 Å². The van der Waals surface area contributed by atoms with Gasteiger partial charge in [-0.05, 0) is 57.4 Å². The van der Waals surface area contributed by atoms with E-state index in [2.05, 4.69) is 27.8 Å². The van der Waals surface area contributed by atoms with Crippen LogP contribution in [0.15, 0.2) is 53.2 Å². The summed E-state index contributed by atoms with van der Waals surface area (Å²) < 4.78 is 12.0. The maximum absolute atomic E-state index is 12.4. The third-order valence-corrected chi connectivity index (χ3v) is 5.53. The summed E-state index contributed by atoms with van der Waals surface area (Å²) in [4.78, 5) is 25.4. The molecule has 0 aromatic heterocycles. The highest BCUT2D eigenvalue weighted by Crippen LogP contribution is 2.38. The number of rotatable bonds is 7. The fraction of sp³-hybridized carbons (Fsp3) is 0.143. The molecule has 0 aliphatic carbocycles. The van der Waals surface area contributed by atoms with E-state index < -0.39 is 11.9 Å². The Morgan fingerprint density at radius 3 is 2.63 bits per heavy atom. The van der Waals surface area contributed by atoms with E-state index in [1.54, 1.807) is 30.3 Å². The van der Waals surface area contributed by atoms with E-state index in [9.17, 15) is 9.59 Å². The van der Waals surface area contributed by atoms with Gasteiger partial charge < -0.3 is 14.8 Å². The molecule has 0 unspecified atom stereocenters. The van der Waals surface area contributed by atoms with Crippen molar-refractivity contribution in [3.63, 3.8) is 0 Å². The van der Waals surface area contributed by atoms with E-state index in [1.807, 2.05) is 6.07 Å². The van der Waals surface area contributed by atoms with Gasteiger partial charge in [-0.2, -0.15) is 0 Å². The zero-order valence-electron chi connectivity index (χ0n) is 15.9. The first kappa shape index (κ1) is 22.2. The van der Waals surface area contributed by atoms with Crippen LogP contribution in [0.3, 0.4) is 0 Å². The van der Waals surface area contributed by atoms with Crippen LogP contribution >= 0.6 is 39.1 Å². The molecular weight excluding hydrogens is 495 g/mol. The lowest BCUT2D eigenvalue weighted by Crippen LogP contribution is -2.30. The number of nitrogens with zero attached hydrogens (tertiary/aromatic N) is 1. The number of benzene rings is 2. The molecule has 1 saturated heterocycles. The van der Waals surface area contributed by atoms with Gasteiger partial charge in [0.25, 0.3) is 5.91 Å². The average Bonchev–Trinajstić information content (AvgIpc) is 2.97. The van der Waals surface area contributed by atoms with Crippen molar-refractivity contribution in [2.45, 2.75) is 6.61 Å². The van der Waals surface area contributed by atoms with Gasteiger partial charge in [-0.3, -0.25) is 9.69 Å². The third-order valence-electron chi connectivity index (χ3n) is 4.20. The van der Waals surface area contributed by atoms with Gasteiger partial charge in [0.1, 0.15) is 12.3 Å². The van der Waals surface area contributed by atoms with Crippen molar-refractivity contribution in [2.75, 3.05) is 13.7 Å². The molecule has 2 aromatic carbocycles. The van der Waals surface area contributed by atoms with Gasteiger partial charge in [-0.15, -0.1) is 6.58 Å². The first-order valence-corrected chi connectivity index (χ1v) is 10.3. The maximum Gasteiger partial charge on any atom is 0.329 e. The number of carbonyl (C=O) groups is 2. The van der Waals surface area contributed by atoms with Gasteiger partial charge in [-0.1, -0.05) is 35.3 Å². The summed E-state index contributed by atoms with van der Waals surface area (Å²) in [5.41, 5.74) is 1.65. The molecule has 3 amide bonds. The van der Waals surface area contributed by atoms with Crippen LogP contribution < -0.4 is 14.8 Å². The number of urea groups is 1. The minimum Gasteiger partial charge on any atom is -0.493 e. The molecule has 156 valence electrons. The molecule has 30 heavy (non-hydrogen) atoms. The summed E-state index contributed by atoms with van der Waals surface area (Å²) in [6.45, 7) is 3.93. The van der Waals surface area contributed by atoms with E-state index in [0.29, 0.717) is 31.6 Å². The summed E-state index contributed by atoms with van der Waals surface area (Å²) in [6, 6.07) is 8.22. The van der Waals surface area contributed by atoms with Gasteiger partial charge >= 0.3 is 6.03 Å². The number of nitrogens with one attached hydrogen (secondary N) is 1. The van der Waals surface area contributed by atoms with Crippen molar-refractivity contribution in [3.8, 4) is 11.5 Å². The average molecular weight is 512 g/mol. The van der Waals surface area contributed by atoms with Crippen molar-refractivity contribution >= 4 is 57.1 Å². The molecule has 6 nitrogen and oxygen atoms in total. The van der Waals surface area contributed by atoms with E-state index in [-0.39, 0.29) is 18.8 Å². The highest BCUT2D eigenvalue weighted by molar-refractivity contribution is 9.10. The fourth-order valence-electron chi connectivity index (χ4n) is 2.78. The summed E-state index contributed by atoms with van der Waals surface area (Å²) in [6.07, 6.45) is 3.05. The minimum atomic E-state index is -0.487. The van der Waals surface area contributed by atoms with Crippen LogP contribution in [0.1, 0.15) is 11.1 Å². The van der Waals surface area contributed by atoms with Crippen LogP contribution in [0.25, 0.3) is 6.08 Å². The molecule has 0 atom stereocenters. The van der Waals surface area contributed by atoms with Crippen LogP contribution in [0.5, 0.6) is 11.5 Å². The van der Waals surface area contributed by atoms with Crippen molar-refractivity contribution in [2.24, 2.45) is 0 Å². The van der Waals surface area contributed by atoms with E-state index in [0.717, 1.165) is 10.5 Å². The highest BCUT2D eigenvalue weighted by Gasteiger charge is 2.32. The van der Waals surface area contributed by atoms with E-state index in [4.69, 9.17) is 32.7 Å². The van der Waals surface area contributed by atoms with Gasteiger partial charge in [0.15, 0.2) is 11.5 Å². The molecule has 1 aliphatic rings. The van der Waals surface area contributed by atoms with Crippen LogP contribution in [0.4, 0.5) is 4.79 Å². The van der Waals surface area contributed by atoms with Crippen LogP contribution in [0.2, 0.25) is 10.0 Å². The molecule has 1 aliphatic heterocycles. The predicted octanol–water partition coefficient (Wildman–Crippen LogP) is 5.42. The monoisotopic (exact) mass is 510 g/mol. The molecule has 1 N–H and O–H groups in total. The highest BCUT2D eigenvalue weighted by atomic mass is 79.9. The Kier molecular flexibility index (Phi) is 7.07. The molecule has 0 bridgehead atoms. The van der Waals surface area contributed by atoms with Gasteiger partial charge in [0.2, 0.25) is 0 Å². The number of hydrogen-bond donors (Lipinski definition) is 1.